The molecule has 0 saturated carbocycles. The van der Waals surface area contributed by atoms with Gasteiger partial charge >= 0.3 is 6.03 Å². The van der Waals surface area contributed by atoms with Gasteiger partial charge in [-0.2, -0.15) is 0 Å². The standard InChI is InChI=1S/C13H22N4O2/c1-9-11(3-2-4-14-9)12(18)16-5-6-17-10(8-16)7-15-13(17)19/h9-11,14H,2-8H2,1H3,(H,15,19). The molecule has 3 fully saturated rings. The Morgan fingerprint density at radius 1 is 1.37 bits per heavy atom. The van der Waals surface area contributed by atoms with Crippen LogP contribution in [0.1, 0.15) is 19.8 Å². The molecule has 3 atom stereocenters. The Morgan fingerprint density at radius 3 is 3.00 bits per heavy atom. The van der Waals surface area contributed by atoms with Crippen LogP contribution >= 0.6 is 0 Å². The van der Waals surface area contributed by atoms with Crippen molar-refractivity contribution in [1.82, 2.24) is 20.4 Å². The summed E-state index contributed by atoms with van der Waals surface area (Å²) < 4.78 is 0. The summed E-state index contributed by atoms with van der Waals surface area (Å²) in [4.78, 5) is 27.9. The molecular weight excluding hydrogens is 244 g/mol. The Kier molecular flexibility index (Phi) is 3.35. The summed E-state index contributed by atoms with van der Waals surface area (Å²) in [5.41, 5.74) is 0. The van der Waals surface area contributed by atoms with Gasteiger partial charge in [0.15, 0.2) is 0 Å². The van der Waals surface area contributed by atoms with E-state index in [9.17, 15) is 9.59 Å². The first kappa shape index (κ1) is 12.7. The highest BCUT2D eigenvalue weighted by Crippen LogP contribution is 2.22. The highest BCUT2D eigenvalue weighted by molar-refractivity contribution is 5.81. The van der Waals surface area contributed by atoms with Gasteiger partial charge in [-0.25, -0.2) is 4.79 Å². The Hall–Kier alpha value is -1.30. The van der Waals surface area contributed by atoms with Crippen LogP contribution in [0.25, 0.3) is 0 Å². The van der Waals surface area contributed by atoms with Crippen LogP contribution in [0.15, 0.2) is 0 Å². The molecule has 3 aliphatic rings. The van der Waals surface area contributed by atoms with E-state index in [0.29, 0.717) is 26.2 Å². The van der Waals surface area contributed by atoms with Crippen LogP contribution in [-0.4, -0.2) is 66.5 Å². The molecule has 3 saturated heterocycles. The molecule has 3 unspecified atom stereocenters. The molecule has 0 aromatic heterocycles. The van der Waals surface area contributed by atoms with Gasteiger partial charge in [0.25, 0.3) is 0 Å². The number of nitrogens with one attached hydrogen (secondary N) is 2. The van der Waals surface area contributed by atoms with Crippen molar-refractivity contribution in [2.75, 3.05) is 32.7 Å². The van der Waals surface area contributed by atoms with Crippen molar-refractivity contribution in [2.45, 2.75) is 31.8 Å². The number of urea groups is 1. The number of carbonyl (C=O) groups is 2. The average molecular weight is 266 g/mol. The van der Waals surface area contributed by atoms with E-state index in [2.05, 4.69) is 17.6 Å². The smallest absolute Gasteiger partial charge is 0.317 e. The minimum Gasteiger partial charge on any atom is -0.338 e. The largest absolute Gasteiger partial charge is 0.338 e. The van der Waals surface area contributed by atoms with Crippen LogP contribution in [-0.2, 0) is 4.79 Å². The van der Waals surface area contributed by atoms with Crippen LogP contribution < -0.4 is 10.6 Å². The number of hydrogen-bond donors (Lipinski definition) is 2. The molecular formula is C13H22N4O2. The number of fused-ring (bicyclic) bond motifs is 1. The molecule has 19 heavy (non-hydrogen) atoms. The van der Waals surface area contributed by atoms with Crippen LogP contribution in [0, 0.1) is 5.92 Å². The van der Waals surface area contributed by atoms with Gasteiger partial charge in [-0.05, 0) is 26.3 Å². The molecule has 106 valence electrons. The lowest BCUT2D eigenvalue weighted by Crippen LogP contribution is -2.57. The van der Waals surface area contributed by atoms with Crippen molar-refractivity contribution in [2.24, 2.45) is 5.92 Å². The Labute approximate surface area is 113 Å². The van der Waals surface area contributed by atoms with Crippen molar-refractivity contribution < 1.29 is 9.59 Å². The summed E-state index contributed by atoms with van der Waals surface area (Å²) in [6, 6.07) is 0.449. The molecule has 0 bridgehead atoms. The molecule has 2 N–H and O–H groups in total. The van der Waals surface area contributed by atoms with Crippen LogP contribution in [0.5, 0.6) is 0 Å². The molecule has 3 rings (SSSR count). The molecule has 0 spiro atoms. The predicted molar refractivity (Wildman–Crippen MR) is 70.7 cm³/mol. The number of rotatable bonds is 1. The van der Waals surface area contributed by atoms with Gasteiger partial charge in [0, 0.05) is 32.2 Å². The lowest BCUT2D eigenvalue weighted by molar-refractivity contribution is -0.139. The summed E-state index contributed by atoms with van der Waals surface area (Å²) in [7, 11) is 0. The number of piperazine rings is 1. The van der Waals surface area contributed by atoms with Gasteiger partial charge in [0.05, 0.1) is 12.0 Å². The van der Waals surface area contributed by atoms with Crippen molar-refractivity contribution in [1.29, 1.82) is 0 Å². The zero-order chi connectivity index (χ0) is 13.4. The fraction of sp³-hybridized carbons (Fsp3) is 0.846. The summed E-state index contributed by atoms with van der Waals surface area (Å²) in [6.07, 6.45) is 2.05. The van der Waals surface area contributed by atoms with E-state index in [-0.39, 0.29) is 29.9 Å². The number of hydrogen-bond acceptors (Lipinski definition) is 3. The van der Waals surface area contributed by atoms with E-state index in [1.54, 1.807) is 0 Å². The molecule has 0 radical (unpaired) electrons. The zero-order valence-corrected chi connectivity index (χ0v) is 11.4. The fourth-order valence-electron chi connectivity index (χ4n) is 3.42. The third-order valence-corrected chi connectivity index (χ3v) is 4.62. The maximum absolute atomic E-state index is 12.6. The monoisotopic (exact) mass is 266 g/mol. The third kappa shape index (κ3) is 2.29. The molecule has 0 aliphatic carbocycles. The van der Waals surface area contributed by atoms with E-state index in [4.69, 9.17) is 0 Å². The van der Waals surface area contributed by atoms with E-state index < -0.39 is 0 Å². The molecule has 6 nitrogen and oxygen atoms in total. The number of carbonyl (C=O) groups excluding carboxylic acids is 2. The van der Waals surface area contributed by atoms with Crippen molar-refractivity contribution >= 4 is 11.9 Å². The molecule has 6 heteroatoms. The Balaban J connectivity index is 1.63. The van der Waals surface area contributed by atoms with Gasteiger partial charge in [-0.3, -0.25) is 4.79 Å². The molecule has 3 heterocycles. The molecule has 0 aromatic carbocycles. The van der Waals surface area contributed by atoms with Crippen molar-refractivity contribution in [3.8, 4) is 0 Å². The molecule has 0 aromatic rings. The zero-order valence-electron chi connectivity index (χ0n) is 11.4. The second-order valence-electron chi connectivity index (χ2n) is 5.81. The Morgan fingerprint density at radius 2 is 2.21 bits per heavy atom. The first-order chi connectivity index (χ1) is 9.16. The number of piperidine rings is 1. The Bertz CT molecular complexity index is 387. The second kappa shape index (κ2) is 5.00. The fourth-order valence-corrected chi connectivity index (χ4v) is 3.42. The van der Waals surface area contributed by atoms with E-state index in [1.807, 2.05) is 9.80 Å². The highest BCUT2D eigenvalue weighted by Gasteiger charge is 2.39. The maximum atomic E-state index is 12.6. The lowest BCUT2D eigenvalue weighted by Gasteiger charge is -2.40. The topological polar surface area (TPSA) is 64.7 Å². The first-order valence-corrected chi connectivity index (χ1v) is 7.23. The normalized spacial score (nSPS) is 35.0. The second-order valence-corrected chi connectivity index (χ2v) is 5.81. The van der Waals surface area contributed by atoms with E-state index in [1.165, 1.54) is 0 Å². The van der Waals surface area contributed by atoms with E-state index in [0.717, 1.165) is 19.4 Å². The minimum absolute atomic E-state index is 0.0183. The maximum Gasteiger partial charge on any atom is 0.317 e. The highest BCUT2D eigenvalue weighted by atomic mass is 16.2. The number of amides is 3. The van der Waals surface area contributed by atoms with Crippen molar-refractivity contribution in [3.63, 3.8) is 0 Å². The van der Waals surface area contributed by atoms with Gasteiger partial charge in [-0.1, -0.05) is 0 Å². The van der Waals surface area contributed by atoms with Gasteiger partial charge < -0.3 is 20.4 Å². The minimum atomic E-state index is 0.0183. The summed E-state index contributed by atoms with van der Waals surface area (Å²) in [6.45, 7) is 5.79. The third-order valence-electron chi connectivity index (χ3n) is 4.62. The molecule has 3 amide bonds. The van der Waals surface area contributed by atoms with Gasteiger partial charge in [0.2, 0.25) is 5.91 Å². The van der Waals surface area contributed by atoms with E-state index >= 15 is 0 Å². The predicted octanol–water partition coefficient (Wildman–Crippen LogP) is -0.389. The number of nitrogens with zero attached hydrogens (tertiary/aromatic N) is 2. The van der Waals surface area contributed by atoms with Crippen LogP contribution in [0.3, 0.4) is 0 Å². The van der Waals surface area contributed by atoms with Crippen LogP contribution in [0.2, 0.25) is 0 Å². The van der Waals surface area contributed by atoms with Crippen molar-refractivity contribution in [3.05, 3.63) is 0 Å². The summed E-state index contributed by atoms with van der Waals surface area (Å²) in [5.74, 6) is 0.365. The van der Waals surface area contributed by atoms with Crippen LogP contribution in [0.4, 0.5) is 4.79 Å². The van der Waals surface area contributed by atoms with Gasteiger partial charge in [0.1, 0.15) is 0 Å². The molecule has 3 aliphatic heterocycles. The quantitative estimate of drug-likeness (QED) is 0.679. The van der Waals surface area contributed by atoms with Gasteiger partial charge in [-0.15, -0.1) is 0 Å². The lowest BCUT2D eigenvalue weighted by atomic mass is 9.90. The average Bonchev–Trinajstić information content (AvgIpc) is 2.80. The summed E-state index contributed by atoms with van der Waals surface area (Å²) >= 11 is 0. The first-order valence-electron chi connectivity index (χ1n) is 7.23. The SMILES string of the molecule is CC1NCCCC1C(=O)N1CCN2C(=O)NCC2C1. The summed E-state index contributed by atoms with van der Waals surface area (Å²) in [5, 5.41) is 6.23.